The minimum Gasteiger partial charge on any atom is -0.337 e. The molecule has 132 valence electrons. The summed E-state index contributed by atoms with van der Waals surface area (Å²) in [6.07, 6.45) is -1.32. The number of urea groups is 1. The van der Waals surface area contributed by atoms with Crippen LogP contribution in [0.3, 0.4) is 0 Å². The summed E-state index contributed by atoms with van der Waals surface area (Å²) in [5.41, 5.74) is 0.962. The fourth-order valence-electron chi connectivity index (χ4n) is 2.04. The van der Waals surface area contributed by atoms with Gasteiger partial charge in [-0.25, -0.2) is 28.2 Å². The number of carbonyl (C=O) groups excluding carboxylic acids is 1. The Bertz CT molecular complexity index is 674. The number of amides is 2. The van der Waals surface area contributed by atoms with Crippen molar-refractivity contribution < 1.29 is 13.6 Å². The summed E-state index contributed by atoms with van der Waals surface area (Å²) >= 11 is 1.56. The zero-order valence-corrected chi connectivity index (χ0v) is 14.6. The summed E-state index contributed by atoms with van der Waals surface area (Å²) in [5, 5.41) is 9.49. The summed E-state index contributed by atoms with van der Waals surface area (Å²) < 4.78 is 26.0. The van der Waals surface area contributed by atoms with Crippen molar-refractivity contribution >= 4 is 17.4 Å². The van der Waals surface area contributed by atoms with Gasteiger partial charge in [-0.05, 0) is 6.92 Å². The van der Waals surface area contributed by atoms with Gasteiger partial charge in [0, 0.05) is 30.6 Å². The highest BCUT2D eigenvalue weighted by atomic mass is 32.1. The third-order valence-corrected chi connectivity index (χ3v) is 4.54. The van der Waals surface area contributed by atoms with Crippen LogP contribution in [-0.4, -0.2) is 50.7 Å². The lowest BCUT2D eigenvalue weighted by atomic mass is 10.2. The Hall–Kier alpha value is -2.10. The monoisotopic (exact) mass is 358 g/mol. The maximum absolute atomic E-state index is 12.5. The summed E-state index contributed by atoms with van der Waals surface area (Å²) in [7, 11) is 1.58. The molecule has 0 radical (unpaired) electrons. The Morgan fingerprint density at radius 2 is 2.25 bits per heavy atom. The summed E-state index contributed by atoms with van der Waals surface area (Å²) in [5.74, 6) is 0.417. The van der Waals surface area contributed by atoms with Crippen LogP contribution in [0.2, 0.25) is 0 Å². The molecule has 2 rings (SSSR count). The van der Waals surface area contributed by atoms with Gasteiger partial charge in [-0.2, -0.15) is 5.10 Å². The summed E-state index contributed by atoms with van der Waals surface area (Å²) in [6.45, 7) is 3.92. The number of hydrogen-bond donors (Lipinski definition) is 1. The molecule has 0 aromatic carbocycles. The molecule has 24 heavy (non-hydrogen) atoms. The number of aromatic nitrogens is 4. The van der Waals surface area contributed by atoms with Crippen LogP contribution in [0.5, 0.6) is 0 Å². The molecule has 0 aliphatic rings. The lowest BCUT2D eigenvalue weighted by Crippen LogP contribution is -2.39. The molecular weight excluding hydrogens is 338 g/mol. The number of rotatable bonds is 7. The van der Waals surface area contributed by atoms with Crippen molar-refractivity contribution in [3.8, 4) is 0 Å². The fraction of sp³-hybridized carbons (Fsp3) is 0.571. The third kappa shape index (κ3) is 4.95. The summed E-state index contributed by atoms with van der Waals surface area (Å²) in [4.78, 5) is 21.8. The van der Waals surface area contributed by atoms with Gasteiger partial charge in [0.15, 0.2) is 0 Å². The number of hydrogen-bond acceptors (Lipinski definition) is 5. The molecule has 0 fully saturated rings. The maximum Gasteiger partial charge on any atom is 0.317 e. The lowest BCUT2D eigenvalue weighted by Gasteiger charge is -2.19. The Morgan fingerprint density at radius 3 is 2.88 bits per heavy atom. The first-order chi connectivity index (χ1) is 11.4. The van der Waals surface area contributed by atoms with Gasteiger partial charge in [0.1, 0.15) is 18.7 Å². The average molecular weight is 358 g/mol. The van der Waals surface area contributed by atoms with Crippen LogP contribution in [0.4, 0.5) is 13.6 Å². The van der Waals surface area contributed by atoms with Crippen molar-refractivity contribution in [2.45, 2.75) is 39.3 Å². The molecule has 1 atom stereocenters. The van der Waals surface area contributed by atoms with Crippen LogP contribution in [0, 0.1) is 6.92 Å². The molecule has 1 N–H and O–H groups in total. The van der Waals surface area contributed by atoms with Gasteiger partial charge in [-0.15, -0.1) is 11.3 Å². The molecule has 1 unspecified atom stereocenters. The zero-order chi connectivity index (χ0) is 17.7. The molecule has 0 saturated heterocycles. The molecule has 0 aliphatic heterocycles. The van der Waals surface area contributed by atoms with Gasteiger partial charge in [0.25, 0.3) is 6.43 Å². The largest absolute Gasteiger partial charge is 0.337 e. The minimum absolute atomic E-state index is 0.100. The predicted molar refractivity (Wildman–Crippen MR) is 86.2 cm³/mol. The van der Waals surface area contributed by atoms with Crippen LogP contribution >= 0.6 is 11.3 Å². The van der Waals surface area contributed by atoms with Crippen molar-refractivity contribution in [3.05, 3.63) is 28.2 Å². The second-order valence-corrected chi connectivity index (χ2v) is 6.41. The quantitative estimate of drug-likeness (QED) is 0.824. The molecule has 2 aromatic heterocycles. The van der Waals surface area contributed by atoms with E-state index in [1.165, 1.54) is 11.2 Å². The van der Waals surface area contributed by atoms with Crippen LogP contribution in [-0.2, 0) is 13.1 Å². The standard InChI is InChI=1S/C14H20F2N6OS/c1-9(13-20-10(2)7-24-13)4-17-14(23)21(3)6-12-18-8-19-22(12)5-11(15)16/h7-9,11H,4-6H2,1-3H3,(H,17,23). The smallest absolute Gasteiger partial charge is 0.317 e. The van der Waals surface area contributed by atoms with E-state index in [1.54, 1.807) is 18.4 Å². The number of halogens is 2. The first kappa shape index (κ1) is 18.2. The van der Waals surface area contributed by atoms with Crippen molar-refractivity contribution in [1.29, 1.82) is 0 Å². The minimum atomic E-state index is -2.52. The van der Waals surface area contributed by atoms with E-state index in [2.05, 4.69) is 20.4 Å². The van der Waals surface area contributed by atoms with Crippen molar-refractivity contribution in [1.82, 2.24) is 30.0 Å². The van der Waals surface area contributed by atoms with Crippen molar-refractivity contribution in [2.24, 2.45) is 0 Å². The molecule has 0 aliphatic carbocycles. The lowest BCUT2D eigenvalue weighted by molar-refractivity contribution is 0.119. The van der Waals surface area contributed by atoms with E-state index >= 15 is 0 Å². The summed E-state index contributed by atoms with van der Waals surface area (Å²) in [6, 6.07) is -0.304. The van der Waals surface area contributed by atoms with Crippen molar-refractivity contribution in [3.63, 3.8) is 0 Å². The Balaban J connectivity index is 1.85. The van der Waals surface area contributed by atoms with E-state index in [4.69, 9.17) is 0 Å². The van der Waals surface area contributed by atoms with Crippen LogP contribution in [0.25, 0.3) is 0 Å². The van der Waals surface area contributed by atoms with Crippen LogP contribution in [0.1, 0.15) is 29.4 Å². The van der Waals surface area contributed by atoms with Gasteiger partial charge in [-0.3, -0.25) is 0 Å². The van der Waals surface area contributed by atoms with Crippen molar-refractivity contribution in [2.75, 3.05) is 13.6 Å². The zero-order valence-electron chi connectivity index (χ0n) is 13.7. The molecular formula is C14H20F2N6OS. The second kappa shape index (κ2) is 8.13. The van der Waals surface area contributed by atoms with Gasteiger partial charge >= 0.3 is 6.03 Å². The van der Waals surface area contributed by atoms with E-state index in [9.17, 15) is 13.6 Å². The SMILES string of the molecule is Cc1csc(C(C)CNC(=O)N(C)Cc2ncnn2CC(F)F)n1. The van der Waals surface area contributed by atoms with E-state index in [-0.39, 0.29) is 18.5 Å². The normalized spacial score (nSPS) is 12.4. The Kier molecular flexibility index (Phi) is 6.18. The highest BCUT2D eigenvalue weighted by molar-refractivity contribution is 7.09. The van der Waals surface area contributed by atoms with Gasteiger partial charge in [0.2, 0.25) is 0 Å². The molecule has 10 heteroatoms. The molecule has 2 heterocycles. The van der Waals surface area contributed by atoms with Gasteiger partial charge in [0.05, 0.1) is 11.6 Å². The molecule has 7 nitrogen and oxygen atoms in total. The number of aryl methyl sites for hydroxylation is 1. The highest BCUT2D eigenvalue weighted by Crippen LogP contribution is 2.18. The fourth-order valence-corrected chi connectivity index (χ4v) is 2.90. The van der Waals surface area contributed by atoms with Crippen LogP contribution in [0.15, 0.2) is 11.7 Å². The predicted octanol–water partition coefficient (Wildman–Crippen LogP) is 2.25. The maximum atomic E-state index is 12.5. The molecule has 0 spiro atoms. The first-order valence-electron chi connectivity index (χ1n) is 7.42. The Morgan fingerprint density at radius 1 is 1.50 bits per heavy atom. The Labute approximate surface area is 142 Å². The van der Waals surface area contributed by atoms with Crippen LogP contribution < -0.4 is 5.32 Å². The highest BCUT2D eigenvalue weighted by Gasteiger charge is 2.17. The average Bonchev–Trinajstić information content (AvgIpc) is 3.13. The number of thiazole rings is 1. The third-order valence-electron chi connectivity index (χ3n) is 3.35. The van der Waals surface area contributed by atoms with E-state index in [0.29, 0.717) is 12.4 Å². The van der Waals surface area contributed by atoms with E-state index in [1.807, 2.05) is 19.2 Å². The number of alkyl halides is 2. The molecule has 2 amide bonds. The van der Waals surface area contributed by atoms with Gasteiger partial charge < -0.3 is 10.2 Å². The molecule has 0 saturated carbocycles. The number of nitrogens with one attached hydrogen (secondary N) is 1. The molecule has 0 bridgehead atoms. The number of carbonyl (C=O) groups is 1. The van der Waals surface area contributed by atoms with Gasteiger partial charge in [-0.1, -0.05) is 6.92 Å². The topological polar surface area (TPSA) is 75.9 Å². The van der Waals surface area contributed by atoms with E-state index < -0.39 is 13.0 Å². The number of nitrogens with zero attached hydrogens (tertiary/aromatic N) is 5. The van der Waals surface area contributed by atoms with E-state index in [0.717, 1.165) is 15.4 Å². The first-order valence-corrected chi connectivity index (χ1v) is 8.30. The second-order valence-electron chi connectivity index (χ2n) is 5.52. The molecule has 2 aromatic rings.